The number of para-hydroxylation sites is 1. The Morgan fingerprint density at radius 2 is 2.24 bits per heavy atom. The molecule has 1 aromatic rings. The number of amides is 1. The molecule has 0 bridgehead atoms. The monoisotopic (exact) mass is 291 g/mol. The number of nitro groups is 1. The molecule has 0 unspecified atom stereocenters. The van der Waals surface area contributed by atoms with Gasteiger partial charge in [0.1, 0.15) is 0 Å². The lowest BCUT2D eigenvalue weighted by Crippen LogP contribution is -2.40. The molecule has 1 heterocycles. The van der Waals surface area contributed by atoms with Crippen LogP contribution in [-0.4, -0.2) is 35.4 Å². The van der Waals surface area contributed by atoms with Gasteiger partial charge in [-0.2, -0.15) is 0 Å². The number of nitrogens with zero attached hydrogens (tertiary/aromatic N) is 2. The van der Waals surface area contributed by atoms with Gasteiger partial charge in [0.15, 0.2) is 0 Å². The topological polar surface area (TPSA) is 75.5 Å². The highest BCUT2D eigenvalue weighted by Crippen LogP contribution is 2.23. The Morgan fingerprint density at radius 1 is 1.48 bits per heavy atom. The van der Waals surface area contributed by atoms with Gasteiger partial charge in [-0.15, -0.1) is 0 Å². The minimum absolute atomic E-state index is 0.00850. The third-order valence-electron chi connectivity index (χ3n) is 3.83. The van der Waals surface area contributed by atoms with E-state index in [1.54, 1.807) is 12.1 Å². The van der Waals surface area contributed by atoms with Crippen LogP contribution in [0.15, 0.2) is 24.3 Å². The SMILES string of the molecule is CC(=O)NC[C@@H]1CCCN(Cc2ccccc2[N+](=O)[O-])C1. The molecule has 1 aromatic carbocycles. The van der Waals surface area contributed by atoms with Crippen molar-refractivity contribution in [2.24, 2.45) is 5.92 Å². The summed E-state index contributed by atoms with van der Waals surface area (Å²) in [4.78, 5) is 23.9. The van der Waals surface area contributed by atoms with E-state index in [0.29, 0.717) is 19.0 Å². The van der Waals surface area contributed by atoms with E-state index >= 15 is 0 Å². The number of nitro benzene ring substituents is 1. The standard InChI is InChI=1S/C15H21N3O3/c1-12(19)16-9-13-5-4-8-17(10-13)11-14-6-2-3-7-15(14)18(20)21/h2-3,6-7,13H,4-5,8-11H2,1H3,(H,16,19)/t13-/m0/s1. The Bertz CT molecular complexity index is 519. The van der Waals surface area contributed by atoms with Gasteiger partial charge in [-0.25, -0.2) is 0 Å². The Labute approximate surface area is 124 Å². The van der Waals surface area contributed by atoms with Crippen LogP contribution in [0.2, 0.25) is 0 Å². The molecule has 1 amide bonds. The zero-order chi connectivity index (χ0) is 15.2. The maximum Gasteiger partial charge on any atom is 0.273 e. The molecule has 0 radical (unpaired) electrons. The van der Waals surface area contributed by atoms with E-state index in [9.17, 15) is 14.9 Å². The maximum absolute atomic E-state index is 11.0. The molecule has 1 fully saturated rings. The van der Waals surface area contributed by atoms with E-state index in [0.717, 1.165) is 31.5 Å². The van der Waals surface area contributed by atoms with Crippen molar-refractivity contribution in [3.05, 3.63) is 39.9 Å². The first kappa shape index (κ1) is 15.4. The number of benzene rings is 1. The van der Waals surface area contributed by atoms with Crippen molar-refractivity contribution in [3.63, 3.8) is 0 Å². The Kier molecular flexibility index (Phi) is 5.27. The van der Waals surface area contributed by atoms with E-state index < -0.39 is 0 Å². The van der Waals surface area contributed by atoms with Gasteiger partial charge in [0.05, 0.1) is 4.92 Å². The third-order valence-corrected chi connectivity index (χ3v) is 3.83. The minimum atomic E-state index is -0.325. The molecule has 114 valence electrons. The molecule has 0 aliphatic carbocycles. The number of carbonyl (C=O) groups excluding carboxylic acids is 1. The number of likely N-dealkylation sites (tertiary alicyclic amines) is 1. The quantitative estimate of drug-likeness (QED) is 0.664. The fourth-order valence-electron chi connectivity index (χ4n) is 2.81. The fraction of sp³-hybridized carbons (Fsp3) is 0.533. The molecule has 0 aromatic heterocycles. The summed E-state index contributed by atoms with van der Waals surface area (Å²) in [6.45, 7) is 4.61. The molecular formula is C15H21N3O3. The smallest absolute Gasteiger partial charge is 0.273 e. The average Bonchev–Trinajstić information content (AvgIpc) is 2.46. The second-order valence-corrected chi connectivity index (χ2v) is 5.57. The van der Waals surface area contributed by atoms with Gasteiger partial charge in [0, 0.05) is 38.2 Å². The van der Waals surface area contributed by atoms with Crippen LogP contribution in [-0.2, 0) is 11.3 Å². The van der Waals surface area contributed by atoms with Gasteiger partial charge in [0.2, 0.25) is 5.91 Å². The van der Waals surface area contributed by atoms with E-state index in [1.165, 1.54) is 6.92 Å². The maximum atomic E-state index is 11.0. The number of hydrogen-bond donors (Lipinski definition) is 1. The molecule has 1 aliphatic heterocycles. The lowest BCUT2D eigenvalue weighted by molar-refractivity contribution is -0.385. The van der Waals surface area contributed by atoms with Crippen molar-refractivity contribution in [2.75, 3.05) is 19.6 Å². The predicted molar refractivity (Wildman–Crippen MR) is 79.8 cm³/mol. The number of nitrogens with one attached hydrogen (secondary N) is 1. The zero-order valence-electron chi connectivity index (χ0n) is 12.2. The highest BCUT2D eigenvalue weighted by molar-refractivity contribution is 5.72. The highest BCUT2D eigenvalue weighted by Gasteiger charge is 2.22. The van der Waals surface area contributed by atoms with Crippen LogP contribution in [0.25, 0.3) is 0 Å². The van der Waals surface area contributed by atoms with Gasteiger partial charge in [-0.1, -0.05) is 18.2 Å². The van der Waals surface area contributed by atoms with Gasteiger partial charge < -0.3 is 5.32 Å². The number of hydrogen-bond acceptors (Lipinski definition) is 4. The van der Waals surface area contributed by atoms with Crippen LogP contribution in [0.1, 0.15) is 25.3 Å². The van der Waals surface area contributed by atoms with Crippen LogP contribution < -0.4 is 5.32 Å². The molecule has 1 N–H and O–H groups in total. The summed E-state index contributed by atoms with van der Waals surface area (Å²) in [5.74, 6) is 0.413. The van der Waals surface area contributed by atoms with Gasteiger partial charge in [-0.05, 0) is 25.3 Å². The summed E-state index contributed by atoms with van der Waals surface area (Å²) in [5.41, 5.74) is 0.934. The molecule has 1 aliphatic rings. The molecule has 0 saturated carbocycles. The van der Waals surface area contributed by atoms with E-state index in [1.807, 2.05) is 12.1 Å². The van der Waals surface area contributed by atoms with Crippen LogP contribution >= 0.6 is 0 Å². The predicted octanol–water partition coefficient (Wildman–Crippen LogP) is 1.94. The Morgan fingerprint density at radius 3 is 2.95 bits per heavy atom. The first-order valence-corrected chi connectivity index (χ1v) is 7.25. The minimum Gasteiger partial charge on any atom is -0.356 e. The second kappa shape index (κ2) is 7.17. The summed E-state index contributed by atoms with van der Waals surface area (Å²) in [6.07, 6.45) is 2.15. The van der Waals surface area contributed by atoms with Crippen LogP contribution in [0.3, 0.4) is 0 Å². The second-order valence-electron chi connectivity index (χ2n) is 5.57. The van der Waals surface area contributed by atoms with Crippen molar-refractivity contribution in [1.29, 1.82) is 0 Å². The molecule has 21 heavy (non-hydrogen) atoms. The lowest BCUT2D eigenvalue weighted by atomic mass is 9.97. The van der Waals surface area contributed by atoms with Crippen molar-refractivity contribution in [1.82, 2.24) is 10.2 Å². The summed E-state index contributed by atoms with van der Waals surface area (Å²) in [5, 5.41) is 13.9. The van der Waals surface area contributed by atoms with Crippen LogP contribution in [0, 0.1) is 16.0 Å². The van der Waals surface area contributed by atoms with Crippen molar-refractivity contribution in [3.8, 4) is 0 Å². The van der Waals surface area contributed by atoms with E-state index in [-0.39, 0.29) is 16.5 Å². The van der Waals surface area contributed by atoms with Crippen molar-refractivity contribution >= 4 is 11.6 Å². The summed E-state index contributed by atoms with van der Waals surface area (Å²) in [7, 11) is 0. The largest absolute Gasteiger partial charge is 0.356 e. The normalized spacial score (nSPS) is 19.2. The Hall–Kier alpha value is -1.95. The summed E-state index contributed by atoms with van der Waals surface area (Å²) in [6, 6.07) is 6.89. The van der Waals surface area contributed by atoms with Gasteiger partial charge >= 0.3 is 0 Å². The zero-order valence-corrected chi connectivity index (χ0v) is 12.2. The molecule has 1 atom stereocenters. The third kappa shape index (κ3) is 4.53. The van der Waals surface area contributed by atoms with Crippen LogP contribution in [0.4, 0.5) is 5.69 Å². The van der Waals surface area contributed by atoms with E-state index in [4.69, 9.17) is 0 Å². The molecular weight excluding hydrogens is 270 g/mol. The molecule has 1 saturated heterocycles. The van der Waals surface area contributed by atoms with Crippen LogP contribution in [0.5, 0.6) is 0 Å². The summed E-state index contributed by atoms with van der Waals surface area (Å²) < 4.78 is 0. The summed E-state index contributed by atoms with van der Waals surface area (Å²) >= 11 is 0. The van der Waals surface area contributed by atoms with Crippen molar-refractivity contribution in [2.45, 2.75) is 26.3 Å². The molecule has 0 spiro atoms. The molecule has 2 rings (SSSR count). The first-order valence-electron chi connectivity index (χ1n) is 7.25. The first-order chi connectivity index (χ1) is 10.1. The van der Waals surface area contributed by atoms with E-state index in [2.05, 4.69) is 10.2 Å². The number of piperidine rings is 1. The van der Waals surface area contributed by atoms with Gasteiger partial charge in [0.25, 0.3) is 5.69 Å². The Balaban J connectivity index is 1.96. The lowest BCUT2D eigenvalue weighted by Gasteiger charge is -2.32. The molecule has 6 heteroatoms. The van der Waals surface area contributed by atoms with Gasteiger partial charge in [-0.3, -0.25) is 19.8 Å². The number of rotatable bonds is 5. The highest BCUT2D eigenvalue weighted by atomic mass is 16.6. The number of carbonyl (C=O) groups is 1. The molecule has 6 nitrogen and oxygen atoms in total. The van der Waals surface area contributed by atoms with Crippen molar-refractivity contribution < 1.29 is 9.72 Å². The average molecular weight is 291 g/mol. The fourth-order valence-corrected chi connectivity index (χ4v) is 2.81.